The van der Waals surface area contributed by atoms with E-state index in [0.29, 0.717) is 5.75 Å². The number of carboxylic acid groups (broad SMARTS) is 1. The Hall–Kier alpha value is -1.46. The highest BCUT2D eigenvalue weighted by atomic mass is 79.9. The first-order valence-corrected chi connectivity index (χ1v) is 8.54. The number of rotatable bonds is 5. The fraction of sp³-hybridized carbons (Fsp3) is 0.188. The summed E-state index contributed by atoms with van der Waals surface area (Å²) in [6.07, 6.45) is 0. The van der Waals surface area contributed by atoms with Gasteiger partial charge >= 0.3 is 5.97 Å². The molecule has 0 aliphatic heterocycles. The van der Waals surface area contributed by atoms with Gasteiger partial charge in [-0.1, -0.05) is 40.2 Å². The van der Waals surface area contributed by atoms with Crippen molar-refractivity contribution in [2.75, 3.05) is 0 Å². The van der Waals surface area contributed by atoms with Gasteiger partial charge in [0.15, 0.2) is 0 Å². The van der Waals surface area contributed by atoms with Crippen molar-refractivity contribution in [1.29, 1.82) is 0 Å². The summed E-state index contributed by atoms with van der Waals surface area (Å²) in [5, 5.41) is 8.97. The van der Waals surface area contributed by atoms with Crippen LogP contribution in [0.3, 0.4) is 0 Å². The van der Waals surface area contributed by atoms with E-state index < -0.39 is 22.7 Å². The van der Waals surface area contributed by atoms with Gasteiger partial charge in [0.25, 0.3) is 0 Å². The van der Waals surface area contributed by atoms with Crippen LogP contribution < -0.4 is 0 Å². The standard InChI is InChI=1S/C16H15BrO3S/c1-11(16(18)19)13-4-2-12(3-5-13)10-21(20)15-8-6-14(17)7-9-15/h2-9,11H,10H2,1H3,(H,18,19). The van der Waals surface area contributed by atoms with Crippen LogP contribution in [0.4, 0.5) is 0 Å². The number of carbonyl (C=O) groups is 1. The Morgan fingerprint density at radius 3 is 2.24 bits per heavy atom. The molecule has 5 heteroatoms. The van der Waals surface area contributed by atoms with E-state index in [1.54, 1.807) is 19.1 Å². The molecular formula is C16H15BrO3S. The minimum atomic E-state index is -1.11. The average Bonchev–Trinajstić information content (AvgIpc) is 2.47. The first kappa shape index (κ1) is 15.9. The summed E-state index contributed by atoms with van der Waals surface area (Å²) in [6.45, 7) is 1.65. The van der Waals surface area contributed by atoms with Gasteiger partial charge in [0, 0.05) is 9.37 Å². The van der Waals surface area contributed by atoms with Crippen LogP contribution in [-0.2, 0) is 21.3 Å². The number of hydrogen-bond acceptors (Lipinski definition) is 2. The van der Waals surface area contributed by atoms with Gasteiger partial charge in [-0.2, -0.15) is 0 Å². The molecule has 0 aliphatic carbocycles. The summed E-state index contributed by atoms with van der Waals surface area (Å²) in [4.78, 5) is 11.7. The molecule has 0 amide bonds. The smallest absolute Gasteiger partial charge is 0.310 e. The molecule has 0 aliphatic rings. The predicted molar refractivity (Wildman–Crippen MR) is 86.7 cm³/mol. The van der Waals surface area contributed by atoms with Crippen LogP contribution in [0.5, 0.6) is 0 Å². The summed E-state index contributed by atoms with van der Waals surface area (Å²) in [5.74, 6) is -0.958. The van der Waals surface area contributed by atoms with Gasteiger partial charge in [0.2, 0.25) is 0 Å². The van der Waals surface area contributed by atoms with E-state index in [4.69, 9.17) is 5.11 Å². The number of benzene rings is 2. The molecular weight excluding hydrogens is 352 g/mol. The molecule has 2 unspecified atom stereocenters. The van der Waals surface area contributed by atoms with Crippen LogP contribution in [0.15, 0.2) is 57.9 Å². The SMILES string of the molecule is CC(C(=O)O)c1ccc(CS(=O)c2ccc(Br)cc2)cc1. The van der Waals surface area contributed by atoms with Crippen molar-refractivity contribution in [3.05, 3.63) is 64.1 Å². The highest BCUT2D eigenvalue weighted by molar-refractivity contribution is 9.10. The molecule has 0 bridgehead atoms. The number of carboxylic acids is 1. The van der Waals surface area contributed by atoms with Gasteiger partial charge in [0.05, 0.1) is 22.5 Å². The molecule has 2 atom stereocenters. The summed E-state index contributed by atoms with van der Waals surface area (Å²) < 4.78 is 13.2. The zero-order chi connectivity index (χ0) is 15.4. The van der Waals surface area contributed by atoms with Crippen LogP contribution in [0, 0.1) is 0 Å². The molecule has 2 rings (SSSR count). The summed E-state index contributed by atoms with van der Waals surface area (Å²) in [5.41, 5.74) is 1.68. The van der Waals surface area contributed by atoms with E-state index in [9.17, 15) is 9.00 Å². The lowest BCUT2D eigenvalue weighted by molar-refractivity contribution is -0.138. The molecule has 2 aromatic rings. The molecule has 1 N–H and O–H groups in total. The fourth-order valence-electron chi connectivity index (χ4n) is 1.87. The van der Waals surface area contributed by atoms with E-state index in [1.807, 2.05) is 36.4 Å². The Morgan fingerprint density at radius 2 is 1.71 bits per heavy atom. The van der Waals surface area contributed by atoms with Crippen molar-refractivity contribution >= 4 is 32.7 Å². The molecule has 0 radical (unpaired) electrons. The molecule has 0 aromatic heterocycles. The van der Waals surface area contributed by atoms with Gasteiger partial charge in [-0.05, 0) is 42.3 Å². The van der Waals surface area contributed by atoms with Crippen LogP contribution in [-0.4, -0.2) is 15.3 Å². The Kier molecular flexibility index (Phi) is 5.31. The second-order valence-corrected chi connectivity index (χ2v) is 7.11. The lowest BCUT2D eigenvalue weighted by atomic mass is 10.0. The maximum atomic E-state index is 12.3. The molecule has 0 heterocycles. The number of aliphatic carboxylic acids is 1. The van der Waals surface area contributed by atoms with Gasteiger partial charge in [-0.15, -0.1) is 0 Å². The van der Waals surface area contributed by atoms with Gasteiger partial charge < -0.3 is 5.11 Å². The molecule has 0 saturated heterocycles. The van der Waals surface area contributed by atoms with Crippen molar-refractivity contribution in [1.82, 2.24) is 0 Å². The lowest BCUT2D eigenvalue weighted by Gasteiger charge is -2.08. The van der Waals surface area contributed by atoms with Crippen molar-refractivity contribution in [2.45, 2.75) is 23.5 Å². The second kappa shape index (κ2) is 7.00. The molecule has 0 fully saturated rings. The van der Waals surface area contributed by atoms with Gasteiger partial charge in [0.1, 0.15) is 0 Å². The summed E-state index contributed by atoms with van der Waals surface area (Å²) in [6, 6.07) is 14.6. The second-order valence-electron chi connectivity index (χ2n) is 4.75. The van der Waals surface area contributed by atoms with Crippen molar-refractivity contribution in [3.8, 4) is 0 Å². The molecule has 2 aromatic carbocycles. The average molecular weight is 367 g/mol. The molecule has 0 saturated carbocycles. The van der Waals surface area contributed by atoms with E-state index in [-0.39, 0.29) is 0 Å². The van der Waals surface area contributed by atoms with Crippen molar-refractivity contribution in [3.63, 3.8) is 0 Å². The first-order valence-electron chi connectivity index (χ1n) is 6.43. The fourth-order valence-corrected chi connectivity index (χ4v) is 3.23. The topological polar surface area (TPSA) is 54.4 Å². The van der Waals surface area contributed by atoms with Crippen molar-refractivity contribution in [2.24, 2.45) is 0 Å². The molecule has 0 spiro atoms. The minimum absolute atomic E-state index is 0.420. The predicted octanol–water partition coefficient (Wildman–Crippen LogP) is 3.95. The Bertz CT molecular complexity index is 650. The van der Waals surface area contributed by atoms with Gasteiger partial charge in [-0.3, -0.25) is 9.00 Å². The maximum absolute atomic E-state index is 12.3. The Balaban J connectivity index is 2.08. The number of hydrogen-bond donors (Lipinski definition) is 1. The van der Waals surface area contributed by atoms with E-state index in [1.165, 1.54) is 0 Å². The third kappa shape index (κ3) is 4.25. The van der Waals surface area contributed by atoms with Crippen LogP contribution in [0.1, 0.15) is 24.0 Å². The Labute approximate surface area is 134 Å². The van der Waals surface area contributed by atoms with E-state index in [0.717, 1.165) is 20.5 Å². The highest BCUT2D eigenvalue weighted by Crippen LogP contribution is 2.19. The summed E-state index contributed by atoms with van der Waals surface area (Å²) >= 11 is 3.35. The zero-order valence-electron chi connectivity index (χ0n) is 11.5. The third-order valence-electron chi connectivity index (χ3n) is 3.22. The van der Waals surface area contributed by atoms with E-state index in [2.05, 4.69) is 15.9 Å². The molecule has 21 heavy (non-hydrogen) atoms. The van der Waals surface area contributed by atoms with Crippen LogP contribution >= 0.6 is 15.9 Å². The lowest BCUT2D eigenvalue weighted by Crippen LogP contribution is -2.07. The largest absolute Gasteiger partial charge is 0.481 e. The Morgan fingerprint density at radius 1 is 1.14 bits per heavy atom. The van der Waals surface area contributed by atoms with Crippen molar-refractivity contribution < 1.29 is 14.1 Å². The van der Waals surface area contributed by atoms with Crippen LogP contribution in [0.2, 0.25) is 0 Å². The quantitative estimate of drug-likeness (QED) is 0.871. The minimum Gasteiger partial charge on any atom is -0.481 e. The maximum Gasteiger partial charge on any atom is 0.310 e. The highest BCUT2D eigenvalue weighted by Gasteiger charge is 2.13. The number of halogens is 1. The normalized spacial score (nSPS) is 13.6. The monoisotopic (exact) mass is 366 g/mol. The van der Waals surface area contributed by atoms with E-state index >= 15 is 0 Å². The van der Waals surface area contributed by atoms with Gasteiger partial charge in [-0.25, -0.2) is 0 Å². The zero-order valence-corrected chi connectivity index (χ0v) is 13.9. The first-order chi connectivity index (χ1) is 9.97. The van der Waals surface area contributed by atoms with Crippen LogP contribution in [0.25, 0.3) is 0 Å². The molecule has 110 valence electrons. The molecule has 3 nitrogen and oxygen atoms in total. The summed E-state index contributed by atoms with van der Waals surface area (Å²) in [7, 11) is -1.11. The third-order valence-corrected chi connectivity index (χ3v) is 5.15.